The van der Waals surface area contributed by atoms with E-state index in [1.807, 2.05) is 0 Å². The Balaban J connectivity index is 0.00000162. The quantitative estimate of drug-likeness (QED) is 0.901. The number of amides is 1. The molecular formula is C12H15BrClFN2O. The third-order valence-electron chi connectivity index (χ3n) is 3.08. The highest BCUT2D eigenvalue weighted by atomic mass is 79.9. The van der Waals surface area contributed by atoms with Gasteiger partial charge in [0.25, 0.3) is 5.91 Å². The van der Waals surface area contributed by atoms with Gasteiger partial charge in [0.2, 0.25) is 0 Å². The van der Waals surface area contributed by atoms with Gasteiger partial charge in [-0.05, 0) is 47.0 Å². The van der Waals surface area contributed by atoms with Crippen LogP contribution in [0.2, 0.25) is 0 Å². The first-order valence-electron chi connectivity index (χ1n) is 5.59. The first-order valence-corrected chi connectivity index (χ1v) is 6.39. The van der Waals surface area contributed by atoms with Gasteiger partial charge in [-0.25, -0.2) is 4.39 Å². The van der Waals surface area contributed by atoms with Crippen LogP contribution in [-0.4, -0.2) is 29.9 Å². The van der Waals surface area contributed by atoms with E-state index in [4.69, 9.17) is 5.73 Å². The summed E-state index contributed by atoms with van der Waals surface area (Å²) in [7, 11) is 0. The lowest BCUT2D eigenvalue weighted by atomic mass is 10.1. The predicted octanol–water partition coefficient (Wildman–Crippen LogP) is 2.57. The molecule has 1 aromatic rings. The largest absolute Gasteiger partial charge is 0.334 e. The molecule has 1 saturated heterocycles. The van der Waals surface area contributed by atoms with E-state index in [0.29, 0.717) is 16.6 Å². The lowest BCUT2D eigenvalue weighted by Gasteiger charge is -2.23. The van der Waals surface area contributed by atoms with Crippen molar-refractivity contribution < 1.29 is 9.18 Å². The van der Waals surface area contributed by atoms with Gasteiger partial charge < -0.3 is 10.6 Å². The van der Waals surface area contributed by atoms with Crippen molar-refractivity contribution in [3.05, 3.63) is 34.1 Å². The summed E-state index contributed by atoms with van der Waals surface area (Å²) >= 11 is 3.08. The minimum Gasteiger partial charge on any atom is -0.334 e. The first kappa shape index (κ1) is 15.4. The monoisotopic (exact) mass is 336 g/mol. The molecule has 0 aromatic heterocycles. The van der Waals surface area contributed by atoms with Gasteiger partial charge in [-0.15, -0.1) is 12.4 Å². The summed E-state index contributed by atoms with van der Waals surface area (Å²) in [5, 5.41) is 0. The number of nitrogens with zero attached hydrogens (tertiary/aromatic N) is 1. The van der Waals surface area contributed by atoms with E-state index in [1.165, 1.54) is 18.2 Å². The minimum absolute atomic E-state index is 0. The normalized spacial score (nSPS) is 18.6. The Morgan fingerprint density at radius 3 is 2.89 bits per heavy atom. The maximum absolute atomic E-state index is 13.1. The molecule has 1 unspecified atom stereocenters. The van der Waals surface area contributed by atoms with Gasteiger partial charge in [-0.3, -0.25) is 4.79 Å². The lowest BCUT2D eigenvalue weighted by Crippen LogP contribution is -2.39. The second kappa shape index (κ2) is 6.50. The van der Waals surface area contributed by atoms with E-state index in [-0.39, 0.29) is 30.2 Å². The average molecular weight is 338 g/mol. The Kier molecular flexibility index (Phi) is 5.56. The van der Waals surface area contributed by atoms with Crippen molar-refractivity contribution in [2.45, 2.75) is 18.9 Å². The molecule has 2 N–H and O–H groups in total. The zero-order valence-electron chi connectivity index (χ0n) is 9.73. The van der Waals surface area contributed by atoms with Crippen molar-refractivity contribution in [1.29, 1.82) is 0 Å². The molecule has 1 aliphatic heterocycles. The number of nitrogens with two attached hydrogens (primary N) is 1. The zero-order chi connectivity index (χ0) is 12.4. The summed E-state index contributed by atoms with van der Waals surface area (Å²) in [6.45, 7) is 1.21. The molecule has 1 atom stereocenters. The molecule has 2 rings (SSSR count). The maximum atomic E-state index is 13.1. The Hall–Kier alpha value is -0.650. The van der Waals surface area contributed by atoms with Gasteiger partial charge in [-0.1, -0.05) is 0 Å². The summed E-state index contributed by atoms with van der Waals surface area (Å²) in [4.78, 5) is 14.0. The number of rotatable bonds is 2. The standard InChI is InChI=1S/C12H14BrFN2O.ClH/c13-10-6-8(3-4-11(10)14)12(17)16-5-1-2-9(16)7-15;/h3-4,6,9H,1-2,5,7,15H2;1H. The summed E-state index contributed by atoms with van der Waals surface area (Å²) in [5.41, 5.74) is 6.13. The van der Waals surface area contributed by atoms with Gasteiger partial charge in [0.05, 0.1) is 4.47 Å². The molecule has 3 nitrogen and oxygen atoms in total. The molecular weight excluding hydrogens is 322 g/mol. The Labute approximate surface area is 120 Å². The zero-order valence-corrected chi connectivity index (χ0v) is 12.1. The van der Waals surface area contributed by atoms with Crippen LogP contribution in [0.5, 0.6) is 0 Å². The smallest absolute Gasteiger partial charge is 0.254 e. The average Bonchev–Trinajstić information content (AvgIpc) is 2.80. The van der Waals surface area contributed by atoms with E-state index in [0.717, 1.165) is 19.4 Å². The molecule has 0 aliphatic carbocycles. The van der Waals surface area contributed by atoms with Crippen LogP contribution in [0.25, 0.3) is 0 Å². The molecule has 18 heavy (non-hydrogen) atoms. The molecule has 0 bridgehead atoms. The highest BCUT2D eigenvalue weighted by Gasteiger charge is 2.28. The van der Waals surface area contributed by atoms with Crippen LogP contribution in [0.15, 0.2) is 22.7 Å². The number of benzene rings is 1. The van der Waals surface area contributed by atoms with Gasteiger partial charge in [-0.2, -0.15) is 0 Å². The first-order chi connectivity index (χ1) is 8.13. The van der Waals surface area contributed by atoms with E-state index < -0.39 is 0 Å². The van der Waals surface area contributed by atoms with Crippen molar-refractivity contribution >= 4 is 34.2 Å². The molecule has 1 amide bonds. The minimum atomic E-state index is -0.363. The molecule has 1 aliphatic rings. The third kappa shape index (κ3) is 3.02. The van der Waals surface area contributed by atoms with Gasteiger partial charge >= 0.3 is 0 Å². The summed E-state index contributed by atoms with van der Waals surface area (Å²) in [6.07, 6.45) is 1.93. The summed E-state index contributed by atoms with van der Waals surface area (Å²) in [5.74, 6) is -0.433. The molecule has 0 radical (unpaired) electrons. The van der Waals surface area contributed by atoms with Gasteiger partial charge in [0.15, 0.2) is 0 Å². The number of carbonyl (C=O) groups excluding carboxylic acids is 1. The Morgan fingerprint density at radius 2 is 2.28 bits per heavy atom. The molecule has 0 spiro atoms. The second-order valence-corrected chi connectivity index (χ2v) is 5.01. The molecule has 0 saturated carbocycles. The number of hydrogen-bond donors (Lipinski definition) is 1. The van der Waals surface area contributed by atoms with E-state index >= 15 is 0 Å². The Bertz CT molecular complexity index is 444. The van der Waals surface area contributed by atoms with Gasteiger partial charge in [0.1, 0.15) is 5.82 Å². The van der Waals surface area contributed by atoms with E-state index in [1.54, 1.807) is 4.90 Å². The fraction of sp³-hybridized carbons (Fsp3) is 0.417. The fourth-order valence-electron chi connectivity index (χ4n) is 2.14. The van der Waals surface area contributed by atoms with Crippen molar-refractivity contribution in [3.63, 3.8) is 0 Å². The second-order valence-electron chi connectivity index (χ2n) is 4.16. The van der Waals surface area contributed by atoms with Crippen LogP contribution in [0, 0.1) is 5.82 Å². The molecule has 1 fully saturated rings. The summed E-state index contributed by atoms with van der Waals surface area (Å²) in [6, 6.07) is 4.44. The highest BCUT2D eigenvalue weighted by molar-refractivity contribution is 9.10. The van der Waals surface area contributed by atoms with Crippen LogP contribution in [0.4, 0.5) is 4.39 Å². The predicted molar refractivity (Wildman–Crippen MR) is 74.5 cm³/mol. The maximum Gasteiger partial charge on any atom is 0.254 e. The van der Waals surface area contributed by atoms with Crippen LogP contribution in [-0.2, 0) is 0 Å². The van der Waals surface area contributed by atoms with Crippen molar-refractivity contribution in [2.75, 3.05) is 13.1 Å². The molecule has 6 heteroatoms. The van der Waals surface area contributed by atoms with Crippen LogP contribution >= 0.6 is 28.3 Å². The van der Waals surface area contributed by atoms with Crippen molar-refractivity contribution in [1.82, 2.24) is 4.90 Å². The van der Waals surface area contributed by atoms with Crippen molar-refractivity contribution in [2.24, 2.45) is 5.73 Å². The van der Waals surface area contributed by atoms with Crippen molar-refractivity contribution in [3.8, 4) is 0 Å². The lowest BCUT2D eigenvalue weighted by molar-refractivity contribution is 0.0741. The summed E-state index contributed by atoms with van der Waals surface area (Å²) < 4.78 is 13.4. The number of likely N-dealkylation sites (tertiary alicyclic amines) is 1. The van der Waals surface area contributed by atoms with E-state index in [2.05, 4.69) is 15.9 Å². The van der Waals surface area contributed by atoms with Crippen LogP contribution in [0.1, 0.15) is 23.2 Å². The highest BCUT2D eigenvalue weighted by Crippen LogP contribution is 2.22. The third-order valence-corrected chi connectivity index (χ3v) is 3.68. The van der Waals surface area contributed by atoms with Crippen LogP contribution < -0.4 is 5.73 Å². The van der Waals surface area contributed by atoms with Crippen LogP contribution in [0.3, 0.4) is 0 Å². The topological polar surface area (TPSA) is 46.3 Å². The number of carbonyl (C=O) groups is 1. The Morgan fingerprint density at radius 1 is 1.56 bits per heavy atom. The fourth-order valence-corrected chi connectivity index (χ4v) is 2.52. The SMILES string of the molecule is Cl.NCC1CCCN1C(=O)c1ccc(F)c(Br)c1. The molecule has 1 heterocycles. The molecule has 100 valence electrons. The number of hydrogen-bond acceptors (Lipinski definition) is 2. The molecule has 1 aromatic carbocycles. The van der Waals surface area contributed by atoms with Gasteiger partial charge in [0, 0.05) is 24.7 Å². The van der Waals surface area contributed by atoms with E-state index in [9.17, 15) is 9.18 Å². The number of halogens is 3.